The molecular formula is C14H11F3N2O4. The standard InChI is InChI=1S/C14H11F3N2O4/c15-14(16,17)10-4-5-13(20)18(9-10)6-7-23-12-3-1-2-11(8-12)19(21)22/h1-5,8-9H,6-7H2. The summed E-state index contributed by atoms with van der Waals surface area (Å²) in [5, 5.41) is 10.6. The first-order valence-corrected chi connectivity index (χ1v) is 6.42. The van der Waals surface area contributed by atoms with E-state index in [0.717, 1.165) is 10.6 Å². The maximum absolute atomic E-state index is 12.6. The van der Waals surface area contributed by atoms with Crippen molar-refractivity contribution in [2.24, 2.45) is 0 Å². The molecule has 0 bridgehead atoms. The van der Waals surface area contributed by atoms with Gasteiger partial charge in [0.15, 0.2) is 0 Å². The van der Waals surface area contributed by atoms with E-state index in [-0.39, 0.29) is 24.6 Å². The van der Waals surface area contributed by atoms with Gasteiger partial charge < -0.3 is 9.30 Å². The Bertz CT molecular complexity index is 771. The summed E-state index contributed by atoms with van der Waals surface area (Å²) in [6, 6.07) is 6.90. The van der Waals surface area contributed by atoms with E-state index in [1.54, 1.807) is 0 Å². The zero-order chi connectivity index (χ0) is 17.0. The first-order chi connectivity index (χ1) is 10.8. The summed E-state index contributed by atoms with van der Waals surface area (Å²) >= 11 is 0. The Morgan fingerprint density at radius 1 is 1.22 bits per heavy atom. The fraction of sp³-hybridized carbons (Fsp3) is 0.214. The molecule has 0 saturated carbocycles. The lowest BCUT2D eigenvalue weighted by Gasteiger charge is -2.11. The molecule has 0 spiro atoms. The van der Waals surface area contributed by atoms with Crippen LogP contribution >= 0.6 is 0 Å². The van der Waals surface area contributed by atoms with Gasteiger partial charge in [-0.05, 0) is 12.1 Å². The van der Waals surface area contributed by atoms with Gasteiger partial charge in [0.25, 0.3) is 11.2 Å². The lowest BCUT2D eigenvalue weighted by Crippen LogP contribution is -2.24. The maximum Gasteiger partial charge on any atom is 0.417 e. The van der Waals surface area contributed by atoms with Crippen molar-refractivity contribution in [3.63, 3.8) is 0 Å². The molecule has 0 fully saturated rings. The zero-order valence-electron chi connectivity index (χ0n) is 11.6. The molecule has 0 atom stereocenters. The van der Waals surface area contributed by atoms with Crippen molar-refractivity contribution in [3.05, 3.63) is 68.6 Å². The third kappa shape index (κ3) is 4.31. The van der Waals surface area contributed by atoms with Crippen LogP contribution in [-0.2, 0) is 12.7 Å². The van der Waals surface area contributed by atoms with Gasteiger partial charge in [0.1, 0.15) is 12.4 Å². The molecule has 122 valence electrons. The molecule has 1 aromatic carbocycles. The number of benzene rings is 1. The zero-order valence-corrected chi connectivity index (χ0v) is 11.6. The van der Waals surface area contributed by atoms with Gasteiger partial charge in [0.2, 0.25) is 0 Å². The van der Waals surface area contributed by atoms with Crippen LogP contribution in [0.1, 0.15) is 5.56 Å². The number of halogens is 3. The highest BCUT2D eigenvalue weighted by Crippen LogP contribution is 2.28. The molecule has 0 N–H and O–H groups in total. The minimum absolute atomic E-state index is 0.109. The van der Waals surface area contributed by atoms with Gasteiger partial charge in [-0.25, -0.2) is 0 Å². The Labute approximate surface area is 127 Å². The monoisotopic (exact) mass is 328 g/mol. The second-order valence-corrected chi connectivity index (χ2v) is 4.55. The lowest BCUT2D eigenvalue weighted by molar-refractivity contribution is -0.384. The highest BCUT2D eigenvalue weighted by molar-refractivity contribution is 5.37. The molecular weight excluding hydrogens is 317 g/mol. The van der Waals surface area contributed by atoms with Gasteiger partial charge in [-0.2, -0.15) is 13.2 Å². The minimum Gasteiger partial charge on any atom is -0.491 e. The van der Waals surface area contributed by atoms with E-state index in [1.807, 2.05) is 0 Å². The molecule has 0 amide bonds. The summed E-state index contributed by atoms with van der Waals surface area (Å²) in [4.78, 5) is 21.6. The number of ether oxygens (including phenoxy) is 1. The van der Waals surface area contributed by atoms with Gasteiger partial charge in [-0.1, -0.05) is 6.07 Å². The second kappa shape index (κ2) is 6.51. The number of hydrogen-bond acceptors (Lipinski definition) is 4. The number of hydrogen-bond donors (Lipinski definition) is 0. The number of non-ortho nitro benzene ring substituents is 1. The van der Waals surface area contributed by atoms with Crippen molar-refractivity contribution in [2.45, 2.75) is 12.7 Å². The number of nitro groups is 1. The van der Waals surface area contributed by atoms with Crippen LogP contribution in [0.2, 0.25) is 0 Å². The largest absolute Gasteiger partial charge is 0.491 e. The van der Waals surface area contributed by atoms with Gasteiger partial charge in [-0.3, -0.25) is 14.9 Å². The van der Waals surface area contributed by atoms with E-state index in [2.05, 4.69) is 0 Å². The molecule has 0 radical (unpaired) electrons. The minimum atomic E-state index is -4.55. The molecule has 0 aliphatic rings. The van der Waals surface area contributed by atoms with Crippen molar-refractivity contribution < 1.29 is 22.8 Å². The molecule has 23 heavy (non-hydrogen) atoms. The van der Waals surface area contributed by atoms with Crippen molar-refractivity contribution in [1.29, 1.82) is 0 Å². The smallest absolute Gasteiger partial charge is 0.417 e. The third-order valence-corrected chi connectivity index (χ3v) is 2.94. The summed E-state index contributed by atoms with van der Waals surface area (Å²) in [7, 11) is 0. The van der Waals surface area contributed by atoms with E-state index in [1.165, 1.54) is 24.3 Å². The quantitative estimate of drug-likeness (QED) is 0.625. The maximum atomic E-state index is 12.6. The van der Waals surface area contributed by atoms with Crippen LogP contribution < -0.4 is 10.3 Å². The average molecular weight is 328 g/mol. The van der Waals surface area contributed by atoms with Crippen molar-refractivity contribution in [3.8, 4) is 5.75 Å². The molecule has 2 rings (SSSR count). The van der Waals surface area contributed by atoms with Gasteiger partial charge in [0, 0.05) is 18.3 Å². The first-order valence-electron chi connectivity index (χ1n) is 6.42. The number of pyridine rings is 1. The average Bonchev–Trinajstić information content (AvgIpc) is 2.48. The summed E-state index contributed by atoms with van der Waals surface area (Å²) in [5.41, 5.74) is -1.70. The molecule has 0 unspecified atom stereocenters. The number of nitrogens with zero attached hydrogens (tertiary/aromatic N) is 2. The van der Waals surface area contributed by atoms with E-state index in [0.29, 0.717) is 12.3 Å². The second-order valence-electron chi connectivity index (χ2n) is 4.55. The van der Waals surface area contributed by atoms with E-state index in [4.69, 9.17) is 4.74 Å². The number of aromatic nitrogens is 1. The van der Waals surface area contributed by atoms with Gasteiger partial charge >= 0.3 is 6.18 Å². The summed E-state index contributed by atoms with van der Waals surface area (Å²) in [6.45, 7) is -0.228. The molecule has 0 aliphatic carbocycles. The molecule has 0 saturated heterocycles. The third-order valence-electron chi connectivity index (χ3n) is 2.94. The summed E-state index contributed by atoms with van der Waals surface area (Å²) in [5.74, 6) is 0.194. The van der Waals surface area contributed by atoms with E-state index < -0.39 is 22.2 Å². The molecule has 1 heterocycles. The molecule has 9 heteroatoms. The number of nitro benzene ring substituents is 1. The van der Waals surface area contributed by atoms with E-state index in [9.17, 15) is 28.1 Å². The molecule has 0 aliphatic heterocycles. The fourth-order valence-electron chi connectivity index (χ4n) is 1.82. The Balaban J connectivity index is 2.06. The highest BCUT2D eigenvalue weighted by atomic mass is 19.4. The fourth-order valence-corrected chi connectivity index (χ4v) is 1.82. The Hall–Kier alpha value is -2.84. The Kier molecular flexibility index (Phi) is 4.68. The van der Waals surface area contributed by atoms with Crippen LogP contribution in [0.3, 0.4) is 0 Å². The van der Waals surface area contributed by atoms with Crippen molar-refractivity contribution in [2.75, 3.05) is 6.61 Å². The summed E-state index contributed by atoms with van der Waals surface area (Å²) in [6.07, 6.45) is -3.84. The van der Waals surface area contributed by atoms with Crippen molar-refractivity contribution >= 4 is 5.69 Å². The number of alkyl halides is 3. The van der Waals surface area contributed by atoms with Crippen LogP contribution in [0.5, 0.6) is 5.75 Å². The van der Waals surface area contributed by atoms with Crippen LogP contribution in [-0.4, -0.2) is 16.1 Å². The van der Waals surface area contributed by atoms with Crippen LogP contribution in [0.4, 0.5) is 18.9 Å². The predicted molar refractivity (Wildman–Crippen MR) is 74.3 cm³/mol. The molecule has 2 aromatic rings. The highest BCUT2D eigenvalue weighted by Gasteiger charge is 2.30. The Morgan fingerprint density at radius 3 is 2.61 bits per heavy atom. The number of rotatable bonds is 5. The predicted octanol–water partition coefficient (Wildman–Crippen LogP) is 2.85. The molecule has 6 nitrogen and oxygen atoms in total. The van der Waals surface area contributed by atoms with Crippen LogP contribution in [0.15, 0.2) is 47.4 Å². The van der Waals surface area contributed by atoms with Crippen LogP contribution in [0, 0.1) is 10.1 Å². The molecule has 1 aromatic heterocycles. The topological polar surface area (TPSA) is 74.4 Å². The summed E-state index contributed by atoms with van der Waals surface area (Å²) < 4.78 is 43.9. The Morgan fingerprint density at radius 2 is 1.96 bits per heavy atom. The SMILES string of the molecule is O=c1ccc(C(F)(F)F)cn1CCOc1cccc([N+](=O)[O-])c1. The lowest BCUT2D eigenvalue weighted by atomic mass is 10.3. The van der Waals surface area contributed by atoms with Crippen LogP contribution in [0.25, 0.3) is 0 Å². The first kappa shape index (κ1) is 16.5. The van der Waals surface area contributed by atoms with E-state index >= 15 is 0 Å². The van der Waals surface area contributed by atoms with Crippen molar-refractivity contribution in [1.82, 2.24) is 4.57 Å². The normalized spacial score (nSPS) is 11.3. The van der Waals surface area contributed by atoms with Gasteiger partial charge in [0.05, 0.1) is 23.1 Å². The van der Waals surface area contributed by atoms with Gasteiger partial charge in [-0.15, -0.1) is 0 Å².